The fourth-order valence-electron chi connectivity index (χ4n) is 2.96. The van der Waals surface area contributed by atoms with E-state index < -0.39 is 0 Å². The number of para-hydroxylation sites is 2. The number of thioether (sulfide) groups is 1. The van der Waals surface area contributed by atoms with Crippen molar-refractivity contribution in [3.63, 3.8) is 0 Å². The molecule has 32 heavy (non-hydrogen) atoms. The van der Waals surface area contributed by atoms with Gasteiger partial charge in [-0.2, -0.15) is 0 Å². The van der Waals surface area contributed by atoms with Crippen LogP contribution in [-0.4, -0.2) is 27.8 Å². The number of hydrogen-bond donors (Lipinski definition) is 2. The van der Waals surface area contributed by atoms with Crippen molar-refractivity contribution in [2.75, 3.05) is 16.4 Å². The van der Waals surface area contributed by atoms with E-state index in [2.05, 4.69) is 20.8 Å². The first-order chi connectivity index (χ1) is 15.7. The van der Waals surface area contributed by atoms with Gasteiger partial charge in [0.1, 0.15) is 0 Å². The number of anilines is 2. The average Bonchev–Trinajstić information content (AvgIpc) is 3.26. The van der Waals surface area contributed by atoms with Crippen molar-refractivity contribution in [2.45, 2.75) is 11.6 Å². The summed E-state index contributed by atoms with van der Waals surface area (Å²) in [6.07, 6.45) is 0.532. The van der Waals surface area contributed by atoms with Gasteiger partial charge in [0.15, 0.2) is 0 Å². The molecule has 0 fully saturated rings. The molecule has 0 saturated carbocycles. The zero-order valence-corrected chi connectivity index (χ0v) is 17.8. The molecular formula is C24H20N4O3S. The smallest absolute Gasteiger partial charge is 0.277 e. The lowest BCUT2D eigenvalue weighted by atomic mass is 10.1. The van der Waals surface area contributed by atoms with E-state index in [1.807, 2.05) is 48.5 Å². The van der Waals surface area contributed by atoms with Crippen molar-refractivity contribution in [1.82, 2.24) is 10.2 Å². The summed E-state index contributed by atoms with van der Waals surface area (Å²) >= 11 is 1.14. The van der Waals surface area contributed by atoms with Crippen molar-refractivity contribution in [3.05, 3.63) is 102 Å². The van der Waals surface area contributed by atoms with Crippen molar-refractivity contribution < 1.29 is 14.0 Å². The number of nitrogens with one attached hydrogen (secondary N) is 2. The van der Waals surface area contributed by atoms with E-state index >= 15 is 0 Å². The minimum Gasteiger partial charge on any atom is -0.416 e. The van der Waals surface area contributed by atoms with Crippen LogP contribution < -0.4 is 10.6 Å². The third kappa shape index (κ3) is 5.83. The topological polar surface area (TPSA) is 97.1 Å². The largest absolute Gasteiger partial charge is 0.416 e. The lowest BCUT2D eigenvalue weighted by Gasteiger charge is -2.11. The molecule has 1 heterocycles. The summed E-state index contributed by atoms with van der Waals surface area (Å²) in [6, 6.07) is 25.8. The van der Waals surface area contributed by atoms with Gasteiger partial charge in [0.25, 0.3) is 11.1 Å². The van der Waals surface area contributed by atoms with E-state index in [9.17, 15) is 9.59 Å². The molecule has 0 radical (unpaired) electrons. The molecule has 0 saturated heterocycles. The van der Waals surface area contributed by atoms with Gasteiger partial charge in [0.2, 0.25) is 11.8 Å². The van der Waals surface area contributed by atoms with Crippen LogP contribution >= 0.6 is 11.8 Å². The molecule has 2 N–H and O–H groups in total. The Balaban J connectivity index is 1.33. The summed E-state index contributed by atoms with van der Waals surface area (Å²) in [4.78, 5) is 25.1. The molecule has 0 spiro atoms. The normalized spacial score (nSPS) is 10.5. The second-order valence-corrected chi connectivity index (χ2v) is 7.75. The zero-order valence-electron chi connectivity index (χ0n) is 17.0. The van der Waals surface area contributed by atoms with Crippen molar-refractivity contribution in [2.24, 2.45) is 0 Å². The molecule has 0 unspecified atom stereocenters. The van der Waals surface area contributed by atoms with Crippen molar-refractivity contribution >= 4 is 35.0 Å². The van der Waals surface area contributed by atoms with Crippen LogP contribution in [0.5, 0.6) is 0 Å². The Kier molecular flexibility index (Phi) is 6.94. The lowest BCUT2D eigenvalue weighted by molar-refractivity contribution is -0.113. The Morgan fingerprint density at radius 2 is 1.50 bits per heavy atom. The van der Waals surface area contributed by atoms with Crippen LogP contribution in [0, 0.1) is 0 Å². The minimum absolute atomic E-state index is 0.0710. The molecule has 7 nitrogen and oxygen atoms in total. The third-order valence-electron chi connectivity index (χ3n) is 4.45. The number of hydrogen-bond acceptors (Lipinski definition) is 6. The van der Waals surface area contributed by atoms with E-state index in [-0.39, 0.29) is 17.6 Å². The van der Waals surface area contributed by atoms with Gasteiger partial charge in [-0.05, 0) is 29.8 Å². The average molecular weight is 445 g/mol. The summed E-state index contributed by atoms with van der Waals surface area (Å²) in [5, 5.41) is 13.9. The molecule has 1 aromatic heterocycles. The number of aromatic nitrogens is 2. The SMILES string of the molecule is O=C(CSc1nnc(Cc2ccccc2)o1)Nc1ccccc1C(=O)Nc1ccccc1. The number of amides is 2. The van der Waals surface area contributed by atoms with Gasteiger partial charge in [0, 0.05) is 5.69 Å². The van der Waals surface area contributed by atoms with Crippen LogP contribution in [0.1, 0.15) is 21.8 Å². The maximum atomic E-state index is 12.6. The lowest BCUT2D eigenvalue weighted by Crippen LogP contribution is -2.19. The number of carbonyl (C=O) groups is 2. The van der Waals surface area contributed by atoms with Crippen LogP contribution in [0.15, 0.2) is 94.6 Å². The molecule has 2 amide bonds. The van der Waals surface area contributed by atoms with Crippen LogP contribution in [0.4, 0.5) is 11.4 Å². The highest BCUT2D eigenvalue weighted by molar-refractivity contribution is 7.99. The third-order valence-corrected chi connectivity index (χ3v) is 5.27. The van der Waals surface area contributed by atoms with Gasteiger partial charge in [-0.3, -0.25) is 9.59 Å². The first-order valence-electron chi connectivity index (χ1n) is 9.92. The zero-order chi connectivity index (χ0) is 22.2. The predicted molar refractivity (Wildman–Crippen MR) is 124 cm³/mol. The summed E-state index contributed by atoms with van der Waals surface area (Å²) in [7, 11) is 0. The monoisotopic (exact) mass is 444 g/mol. The molecular weight excluding hydrogens is 424 g/mol. The van der Waals surface area contributed by atoms with Gasteiger partial charge in [-0.25, -0.2) is 0 Å². The van der Waals surface area contributed by atoms with Gasteiger partial charge in [-0.1, -0.05) is 72.4 Å². The molecule has 0 aliphatic carbocycles. The molecule has 4 aromatic rings. The number of nitrogens with zero attached hydrogens (tertiary/aromatic N) is 2. The first-order valence-corrected chi connectivity index (χ1v) is 10.9. The molecule has 160 valence electrons. The summed E-state index contributed by atoms with van der Waals surface area (Å²) in [5.74, 6) is -0.0243. The first kappa shape index (κ1) is 21.3. The van der Waals surface area contributed by atoms with Crippen molar-refractivity contribution in [3.8, 4) is 0 Å². The van der Waals surface area contributed by atoms with E-state index in [1.165, 1.54) is 0 Å². The molecule has 4 rings (SSSR count). The number of carbonyl (C=O) groups excluding carboxylic acids is 2. The fourth-order valence-corrected chi connectivity index (χ4v) is 3.54. The summed E-state index contributed by atoms with van der Waals surface area (Å²) < 4.78 is 5.61. The van der Waals surface area contributed by atoms with Crippen LogP contribution in [0.25, 0.3) is 0 Å². The highest BCUT2D eigenvalue weighted by Crippen LogP contribution is 2.20. The second kappa shape index (κ2) is 10.4. The maximum Gasteiger partial charge on any atom is 0.277 e. The van der Waals surface area contributed by atoms with Gasteiger partial charge in [0.05, 0.1) is 23.4 Å². The van der Waals surface area contributed by atoms with Crippen LogP contribution in [0.3, 0.4) is 0 Å². The van der Waals surface area contributed by atoms with Crippen molar-refractivity contribution in [1.29, 1.82) is 0 Å². The predicted octanol–water partition coefficient (Wildman–Crippen LogP) is 4.64. The molecule has 3 aromatic carbocycles. The van der Waals surface area contributed by atoms with Gasteiger partial charge < -0.3 is 15.1 Å². The Labute approximate surface area is 189 Å². The highest BCUT2D eigenvalue weighted by Gasteiger charge is 2.15. The number of benzene rings is 3. The molecule has 0 aliphatic heterocycles. The Bertz CT molecular complexity index is 1200. The molecule has 0 atom stereocenters. The number of rotatable bonds is 8. The molecule has 8 heteroatoms. The Hall–Kier alpha value is -3.91. The summed E-state index contributed by atoms with van der Waals surface area (Å²) in [5.41, 5.74) is 2.55. The van der Waals surface area contributed by atoms with E-state index in [0.29, 0.717) is 34.5 Å². The quantitative estimate of drug-likeness (QED) is 0.384. The van der Waals surface area contributed by atoms with E-state index in [0.717, 1.165) is 17.3 Å². The standard InChI is InChI=1S/C24H20N4O3S/c29-21(16-32-24-28-27-22(31-24)15-17-9-3-1-4-10-17)26-20-14-8-7-13-19(20)23(30)25-18-11-5-2-6-12-18/h1-14H,15-16H2,(H,25,30)(H,26,29). The molecule has 0 aliphatic rings. The maximum absolute atomic E-state index is 12.6. The van der Waals surface area contributed by atoms with E-state index in [1.54, 1.807) is 36.4 Å². The fraction of sp³-hybridized carbons (Fsp3) is 0.0833. The highest BCUT2D eigenvalue weighted by atomic mass is 32.2. The van der Waals surface area contributed by atoms with Crippen LogP contribution in [0.2, 0.25) is 0 Å². The van der Waals surface area contributed by atoms with E-state index in [4.69, 9.17) is 4.42 Å². The van der Waals surface area contributed by atoms with Gasteiger partial charge >= 0.3 is 0 Å². The molecule has 0 bridgehead atoms. The van der Waals surface area contributed by atoms with Crippen LogP contribution in [-0.2, 0) is 11.2 Å². The second-order valence-electron chi connectivity index (χ2n) is 6.83. The van der Waals surface area contributed by atoms with Gasteiger partial charge in [-0.15, -0.1) is 10.2 Å². The Morgan fingerprint density at radius 3 is 2.28 bits per heavy atom. The minimum atomic E-state index is -0.304. The summed E-state index contributed by atoms with van der Waals surface area (Å²) in [6.45, 7) is 0. The Morgan fingerprint density at radius 1 is 0.812 bits per heavy atom.